The third kappa shape index (κ3) is 9.96. The Balaban J connectivity index is 0.000000133. The molecule has 0 spiro atoms. The van der Waals surface area contributed by atoms with Gasteiger partial charge in [-0.1, -0.05) is 88.1 Å². The highest BCUT2D eigenvalue weighted by molar-refractivity contribution is 14.1. The molecule has 3 fully saturated rings. The van der Waals surface area contributed by atoms with Crippen LogP contribution in [0.3, 0.4) is 0 Å². The van der Waals surface area contributed by atoms with Crippen LogP contribution < -0.4 is 32.8 Å². The second kappa shape index (κ2) is 19.5. The van der Waals surface area contributed by atoms with Gasteiger partial charge in [0.1, 0.15) is 20.9 Å². The first-order valence-corrected chi connectivity index (χ1v) is 23.2. The third-order valence-electron chi connectivity index (χ3n) is 13.2. The minimum absolute atomic E-state index is 0.0341. The first kappa shape index (κ1) is 44.8. The fourth-order valence-corrected chi connectivity index (χ4v) is 9.77. The van der Waals surface area contributed by atoms with Crippen molar-refractivity contribution in [2.75, 3.05) is 0 Å². The molecule has 16 heteroatoms. The fourth-order valence-electron chi connectivity index (χ4n) is 9.13. The lowest BCUT2D eigenvalue weighted by Gasteiger charge is -2.26. The van der Waals surface area contributed by atoms with Gasteiger partial charge < -0.3 is 13.3 Å². The summed E-state index contributed by atoms with van der Waals surface area (Å²) in [6.45, 7) is 0. The van der Waals surface area contributed by atoms with Crippen LogP contribution in [0.15, 0.2) is 64.0 Å². The second-order valence-corrected chi connectivity index (χ2v) is 18.5. The molecule has 6 heterocycles. The largest absolute Gasteiger partial charge is 0.426 e. The molecule has 10 rings (SSSR count). The number of hydrogen-bond donors (Lipinski definition) is 3. The summed E-state index contributed by atoms with van der Waals surface area (Å²) in [4.78, 5) is 107. The zero-order valence-electron chi connectivity index (χ0n) is 35.2. The Kier molecular flexibility index (Phi) is 13.7. The summed E-state index contributed by atoms with van der Waals surface area (Å²) >= 11 is 1.93. The number of amides is 6. The van der Waals surface area contributed by atoms with Crippen molar-refractivity contribution in [2.24, 2.45) is 17.8 Å². The zero-order chi connectivity index (χ0) is 45.1. The van der Waals surface area contributed by atoms with Crippen LogP contribution in [0.25, 0.3) is 11.1 Å². The summed E-state index contributed by atoms with van der Waals surface area (Å²) in [6, 6.07) is 10.7. The Morgan fingerprint density at radius 2 is 0.938 bits per heavy atom. The first-order chi connectivity index (χ1) is 30.8. The zero-order valence-corrected chi connectivity index (χ0v) is 37.4. The highest BCUT2D eigenvalue weighted by Crippen LogP contribution is 2.35. The van der Waals surface area contributed by atoms with Gasteiger partial charge in [0.15, 0.2) is 0 Å². The van der Waals surface area contributed by atoms with E-state index in [0.29, 0.717) is 74.0 Å². The summed E-state index contributed by atoms with van der Waals surface area (Å²) in [5.74, 6) is 0.0558. The van der Waals surface area contributed by atoms with Crippen molar-refractivity contribution < 1.29 is 42.0 Å². The second-order valence-electron chi connectivity index (χ2n) is 17.4. The fraction of sp³-hybridized carbons (Fsp3) is 0.438. The highest BCUT2D eigenvalue weighted by atomic mass is 127. The van der Waals surface area contributed by atoms with Crippen LogP contribution >= 0.6 is 22.6 Å². The van der Waals surface area contributed by atoms with E-state index >= 15 is 0 Å². The maximum absolute atomic E-state index is 12.6. The lowest BCUT2D eigenvalue weighted by atomic mass is 9.80. The van der Waals surface area contributed by atoms with Gasteiger partial charge in [0, 0.05) is 6.07 Å². The van der Waals surface area contributed by atoms with Crippen LogP contribution in [0.2, 0.25) is 0 Å². The number of carbonyl (C=O) groups is 6. The molecule has 3 N–H and O–H groups in total. The van der Waals surface area contributed by atoms with Crippen LogP contribution in [0.5, 0.6) is 0 Å². The molecule has 1 aromatic carbocycles. The van der Waals surface area contributed by atoms with Crippen molar-refractivity contribution in [3.8, 4) is 11.1 Å². The number of nitrogens with one attached hydrogen (secondary N) is 3. The average Bonchev–Trinajstić information content (AvgIpc) is 3.17. The standard InChI is InChI=1S/C20H19NO4.C14H14INO4.C14H15NO4/c22-16-11-15-18(19(23)21-16)14(10-9-12-5-4-6-12)17(20(24)25-15)13-7-2-1-3-8-13;15-12-8(5-4-7-2-1-3-7)11-9(20-14(12)19)6-10(17)16-13(11)18;16-11-7-10-13(14(18)15-11)9(6-12(17)19-10)5-4-8-2-1-3-8/h1-3,7-8,12H,4-6,9-11H2,(H,21,22,23);7H,1-6H2,(H,16,17,18);6,8H,1-5,7H2,(H,15,16,18). The normalized spacial score (nSPS) is 18.0. The van der Waals surface area contributed by atoms with E-state index in [1.54, 1.807) is 0 Å². The van der Waals surface area contributed by atoms with Crippen molar-refractivity contribution in [1.29, 1.82) is 0 Å². The van der Waals surface area contributed by atoms with E-state index in [1.165, 1.54) is 63.9 Å². The molecule has 6 amide bonds. The van der Waals surface area contributed by atoms with Gasteiger partial charge in [-0.2, -0.15) is 0 Å². The average molecular weight is 986 g/mol. The van der Waals surface area contributed by atoms with Gasteiger partial charge in [0.05, 0.1) is 41.5 Å². The van der Waals surface area contributed by atoms with Crippen LogP contribution in [0, 0.1) is 21.3 Å². The van der Waals surface area contributed by atoms with Crippen molar-refractivity contribution in [3.05, 3.63) is 122 Å². The maximum Gasteiger partial charge on any atom is 0.349 e. The molecule has 3 aliphatic heterocycles. The van der Waals surface area contributed by atoms with Crippen LogP contribution in [0.4, 0.5) is 0 Å². The quantitative estimate of drug-likeness (QED) is 0.126. The number of rotatable bonds is 10. The van der Waals surface area contributed by atoms with Crippen molar-refractivity contribution >= 4 is 58.0 Å². The maximum atomic E-state index is 12.6. The van der Waals surface area contributed by atoms with E-state index in [-0.39, 0.29) is 36.5 Å². The first-order valence-electron chi connectivity index (χ1n) is 22.1. The van der Waals surface area contributed by atoms with E-state index in [2.05, 4.69) is 16.0 Å². The van der Waals surface area contributed by atoms with E-state index < -0.39 is 52.3 Å². The molecule has 334 valence electrons. The van der Waals surface area contributed by atoms with Gasteiger partial charge in [-0.25, -0.2) is 14.4 Å². The van der Waals surface area contributed by atoms with Gasteiger partial charge >= 0.3 is 16.9 Å². The summed E-state index contributed by atoms with van der Waals surface area (Å²) in [5, 5.41) is 6.92. The van der Waals surface area contributed by atoms with E-state index in [0.717, 1.165) is 30.4 Å². The monoisotopic (exact) mass is 985 g/mol. The molecule has 0 saturated heterocycles. The molecule has 3 saturated carbocycles. The molecular formula is C48H48IN3O12. The van der Waals surface area contributed by atoms with E-state index in [4.69, 9.17) is 13.3 Å². The van der Waals surface area contributed by atoms with Crippen molar-refractivity contribution in [3.63, 3.8) is 0 Å². The topological polar surface area (TPSA) is 229 Å². The number of hydrogen-bond acceptors (Lipinski definition) is 12. The molecule has 0 unspecified atom stereocenters. The lowest BCUT2D eigenvalue weighted by molar-refractivity contribution is -0.121. The van der Waals surface area contributed by atoms with Crippen LogP contribution in [-0.4, -0.2) is 35.4 Å². The highest BCUT2D eigenvalue weighted by Gasteiger charge is 2.34. The van der Waals surface area contributed by atoms with Crippen molar-refractivity contribution in [2.45, 2.75) is 116 Å². The number of aryl methyl sites for hydroxylation is 1. The molecule has 0 atom stereocenters. The Morgan fingerprint density at radius 3 is 1.44 bits per heavy atom. The van der Waals surface area contributed by atoms with Crippen LogP contribution in [-0.2, 0) is 52.9 Å². The SMILES string of the molecule is O=C1Cc2oc(=O)c(-c3ccccc3)c(CCC3CCC3)c2C(=O)N1.O=C1Cc2oc(=O)c(I)c(CCC3CCC3)c2C(=O)N1.O=C1Cc2oc(=O)cc(CCC3CCC3)c2C(=O)N1. The number of imide groups is 3. The molecule has 3 aromatic heterocycles. The molecule has 6 aliphatic rings. The van der Waals surface area contributed by atoms with Gasteiger partial charge in [-0.3, -0.25) is 44.7 Å². The Morgan fingerprint density at radius 1 is 0.500 bits per heavy atom. The summed E-state index contributed by atoms with van der Waals surface area (Å²) < 4.78 is 15.9. The Labute approximate surface area is 380 Å². The number of carbonyl (C=O) groups excluding carboxylic acids is 6. The van der Waals surface area contributed by atoms with Crippen LogP contribution in [0.1, 0.15) is 142 Å². The predicted octanol–water partition coefficient (Wildman–Crippen LogP) is 5.83. The van der Waals surface area contributed by atoms with E-state index in [9.17, 15) is 43.2 Å². The van der Waals surface area contributed by atoms with E-state index in [1.807, 2.05) is 52.9 Å². The van der Waals surface area contributed by atoms with Gasteiger partial charge in [0.25, 0.3) is 17.7 Å². The van der Waals surface area contributed by atoms with Crippen molar-refractivity contribution in [1.82, 2.24) is 16.0 Å². The summed E-state index contributed by atoms with van der Waals surface area (Å²) in [6.07, 6.45) is 15.9. The van der Waals surface area contributed by atoms with Gasteiger partial charge in [-0.05, 0) is 101 Å². The smallest absolute Gasteiger partial charge is 0.349 e. The minimum Gasteiger partial charge on any atom is -0.426 e. The third-order valence-corrected chi connectivity index (χ3v) is 14.3. The minimum atomic E-state index is -0.482. The van der Waals surface area contributed by atoms with Gasteiger partial charge in [-0.15, -0.1) is 0 Å². The Hall–Kier alpha value is -5.78. The molecule has 15 nitrogen and oxygen atoms in total. The Bertz CT molecular complexity index is 2720. The summed E-state index contributed by atoms with van der Waals surface area (Å²) in [7, 11) is 0. The molecule has 0 radical (unpaired) electrons. The molecule has 4 aromatic rings. The molecule has 0 bridgehead atoms. The molecule has 64 heavy (non-hydrogen) atoms. The van der Waals surface area contributed by atoms with Gasteiger partial charge in [0.2, 0.25) is 17.7 Å². The molecular weight excluding hydrogens is 937 g/mol. The molecule has 3 aliphatic carbocycles. The number of fused-ring (bicyclic) bond motifs is 3. The summed E-state index contributed by atoms with van der Waals surface area (Å²) in [5.41, 5.74) is 3.11. The number of benzene rings is 1. The lowest BCUT2D eigenvalue weighted by Crippen LogP contribution is -2.39. The predicted molar refractivity (Wildman–Crippen MR) is 239 cm³/mol. The number of halogens is 1.